The Labute approximate surface area is 121 Å². The van der Waals surface area contributed by atoms with Crippen molar-refractivity contribution < 1.29 is 4.74 Å². The van der Waals surface area contributed by atoms with E-state index in [-0.39, 0.29) is 6.10 Å². The maximum Gasteiger partial charge on any atom is 0.0926 e. The van der Waals surface area contributed by atoms with Crippen LogP contribution in [0.15, 0.2) is 54.6 Å². The van der Waals surface area contributed by atoms with Gasteiger partial charge < -0.3 is 4.74 Å². The van der Waals surface area contributed by atoms with Crippen LogP contribution < -0.4 is 0 Å². The zero-order chi connectivity index (χ0) is 12.8. The number of hydrogen-bond donors (Lipinski definition) is 0. The van der Waals surface area contributed by atoms with E-state index in [1.807, 2.05) is 42.5 Å². The maximum atomic E-state index is 5.95. The summed E-state index contributed by atoms with van der Waals surface area (Å²) in [5.74, 6) is 0. The van der Waals surface area contributed by atoms with Crippen LogP contribution in [-0.2, 0) is 11.3 Å². The molecular weight excluding hydrogens is 312 g/mol. The minimum atomic E-state index is 0.0604. The highest BCUT2D eigenvalue weighted by molar-refractivity contribution is 9.09. The molecule has 0 radical (unpaired) electrons. The van der Waals surface area contributed by atoms with Gasteiger partial charge in [0.1, 0.15) is 0 Å². The topological polar surface area (TPSA) is 9.23 Å². The molecule has 18 heavy (non-hydrogen) atoms. The third kappa shape index (κ3) is 3.84. The van der Waals surface area contributed by atoms with Crippen LogP contribution in [0.1, 0.15) is 17.2 Å². The molecule has 0 N–H and O–H groups in total. The zero-order valence-electron chi connectivity index (χ0n) is 9.85. The zero-order valence-corrected chi connectivity index (χ0v) is 12.2. The van der Waals surface area contributed by atoms with Gasteiger partial charge in [-0.1, -0.05) is 70.0 Å². The fourth-order valence-corrected chi connectivity index (χ4v) is 2.49. The summed E-state index contributed by atoms with van der Waals surface area (Å²) >= 11 is 9.44. The first-order valence-corrected chi connectivity index (χ1v) is 7.26. The van der Waals surface area contributed by atoms with Gasteiger partial charge in [0, 0.05) is 10.4 Å². The molecule has 0 heterocycles. The lowest BCUT2D eigenvalue weighted by Crippen LogP contribution is -2.05. The van der Waals surface area contributed by atoms with Crippen molar-refractivity contribution in [2.45, 2.75) is 12.7 Å². The van der Waals surface area contributed by atoms with Crippen LogP contribution in [0.4, 0.5) is 0 Å². The fourth-order valence-electron chi connectivity index (χ4n) is 1.72. The van der Waals surface area contributed by atoms with Crippen molar-refractivity contribution in [3.8, 4) is 0 Å². The summed E-state index contributed by atoms with van der Waals surface area (Å²) in [6, 6.07) is 17.9. The molecule has 2 aromatic rings. The van der Waals surface area contributed by atoms with Crippen molar-refractivity contribution in [1.82, 2.24) is 0 Å². The van der Waals surface area contributed by atoms with Crippen LogP contribution in [0, 0.1) is 0 Å². The van der Waals surface area contributed by atoms with Gasteiger partial charge in [-0.2, -0.15) is 0 Å². The lowest BCUT2D eigenvalue weighted by Gasteiger charge is -2.16. The molecule has 2 aromatic carbocycles. The van der Waals surface area contributed by atoms with Gasteiger partial charge in [0.25, 0.3) is 0 Å². The number of halogens is 2. The van der Waals surface area contributed by atoms with E-state index in [0.717, 1.165) is 15.9 Å². The number of ether oxygens (including phenoxy) is 1. The van der Waals surface area contributed by atoms with E-state index in [4.69, 9.17) is 16.3 Å². The normalized spacial score (nSPS) is 12.3. The largest absolute Gasteiger partial charge is 0.368 e. The first-order chi connectivity index (χ1) is 8.79. The highest BCUT2D eigenvalue weighted by Gasteiger charge is 2.10. The van der Waals surface area contributed by atoms with Gasteiger partial charge in [0.15, 0.2) is 0 Å². The van der Waals surface area contributed by atoms with E-state index in [0.29, 0.717) is 6.61 Å². The van der Waals surface area contributed by atoms with E-state index < -0.39 is 0 Å². The Balaban J connectivity index is 2.00. The SMILES string of the molecule is Clc1cccc(COC(CBr)c2ccccc2)c1. The van der Waals surface area contributed by atoms with Gasteiger partial charge in [-0.25, -0.2) is 0 Å². The minimum Gasteiger partial charge on any atom is -0.368 e. The predicted octanol–water partition coefficient (Wildman–Crippen LogP) is 4.99. The minimum absolute atomic E-state index is 0.0604. The number of hydrogen-bond acceptors (Lipinski definition) is 1. The van der Waals surface area contributed by atoms with Gasteiger partial charge in [-0.15, -0.1) is 0 Å². The molecule has 3 heteroatoms. The summed E-state index contributed by atoms with van der Waals surface area (Å²) in [5, 5.41) is 1.52. The lowest BCUT2D eigenvalue weighted by atomic mass is 10.1. The Morgan fingerprint density at radius 3 is 2.50 bits per heavy atom. The van der Waals surface area contributed by atoms with Gasteiger partial charge >= 0.3 is 0 Å². The Morgan fingerprint density at radius 1 is 1.06 bits per heavy atom. The summed E-state index contributed by atoms with van der Waals surface area (Å²) in [6.45, 7) is 0.561. The lowest BCUT2D eigenvalue weighted by molar-refractivity contribution is 0.0566. The van der Waals surface area contributed by atoms with Crippen LogP contribution in [0.3, 0.4) is 0 Å². The molecule has 1 nitrogen and oxygen atoms in total. The summed E-state index contributed by atoms with van der Waals surface area (Å²) in [7, 11) is 0. The smallest absolute Gasteiger partial charge is 0.0926 e. The first-order valence-electron chi connectivity index (χ1n) is 5.76. The molecule has 0 spiro atoms. The van der Waals surface area contributed by atoms with Crippen LogP contribution in [-0.4, -0.2) is 5.33 Å². The van der Waals surface area contributed by atoms with Crippen LogP contribution in [0.5, 0.6) is 0 Å². The third-order valence-corrected chi connectivity index (χ3v) is 3.47. The van der Waals surface area contributed by atoms with Crippen molar-refractivity contribution in [2.75, 3.05) is 5.33 Å². The second-order valence-electron chi connectivity index (χ2n) is 3.99. The molecule has 0 aliphatic rings. The average Bonchev–Trinajstić information content (AvgIpc) is 2.41. The molecule has 1 unspecified atom stereocenters. The van der Waals surface area contributed by atoms with Crippen molar-refractivity contribution >= 4 is 27.5 Å². The maximum absolute atomic E-state index is 5.95. The summed E-state index contributed by atoms with van der Waals surface area (Å²) in [4.78, 5) is 0. The fraction of sp³-hybridized carbons (Fsp3) is 0.200. The van der Waals surface area contributed by atoms with E-state index >= 15 is 0 Å². The third-order valence-electron chi connectivity index (χ3n) is 2.65. The monoisotopic (exact) mass is 324 g/mol. The van der Waals surface area contributed by atoms with Gasteiger partial charge in [0.2, 0.25) is 0 Å². The van der Waals surface area contributed by atoms with Crippen molar-refractivity contribution in [1.29, 1.82) is 0 Å². The summed E-state index contributed by atoms with van der Waals surface area (Å²) in [5.41, 5.74) is 2.26. The molecule has 94 valence electrons. The predicted molar refractivity (Wildman–Crippen MR) is 79.2 cm³/mol. The van der Waals surface area contributed by atoms with Gasteiger partial charge in [0.05, 0.1) is 12.7 Å². The molecule has 0 bridgehead atoms. The quantitative estimate of drug-likeness (QED) is 0.703. The average molecular weight is 326 g/mol. The Hall–Kier alpha value is -0.830. The standard InChI is InChI=1S/C15H14BrClO/c16-10-15(13-6-2-1-3-7-13)18-11-12-5-4-8-14(17)9-12/h1-9,15H,10-11H2. The molecule has 0 saturated heterocycles. The van der Waals surface area contributed by atoms with Crippen LogP contribution >= 0.6 is 27.5 Å². The van der Waals surface area contributed by atoms with Crippen LogP contribution in [0.25, 0.3) is 0 Å². The number of alkyl halides is 1. The van der Waals surface area contributed by atoms with Gasteiger partial charge in [-0.3, -0.25) is 0 Å². The molecule has 1 atom stereocenters. The Kier molecular flexibility index (Phi) is 5.24. The van der Waals surface area contributed by atoms with E-state index in [9.17, 15) is 0 Å². The number of rotatable bonds is 5. The molecular formula is C15H14BrClO. The van der Waals surface area contributed by atoms with Crippen LogP contribution in [0.2, 0.25) is 5.02 Å². The molecule has 0 aliphatic heterocycles. The Morgan fingerprint density at radius 2 is 1.83 bits per heavy atom. The Bertz CT molecular complexity index is 487. The molecule has 2 rings (SSSR count). The number of benzene rings is 2. The summed E-state index contributed by atoms with van der Waals surface area (Å²) in [6.07, 6.45) is 0.0604. The second-order valence-corrected chi connectivity index (χ2v) is 5.08. The van der Waals surface area contributed by atoms with Crippen molar-refractivity contribution in [3.63, 3.8) is 0 Å². The second kappa shape index (κ2) is 6.93. The molecule has 0 aliphatic carbocycles. The molecule has 0 fully saturated rings. The first kappa shape index (κ1) is 13.6. The van der Waals surface area contributed by atoms with Gasteiger partial charge in [-0.05, 0) is 23.3 Å². The van der Waals surface area contributed by atoms with Crippen molar-refractivity contribution in [2.24, 2.45) is 0 Å². The van der Waals surface area contributed by atoms with E-state index in [2.05, 4.69) is 28.1 Å². The highest BCUT2D eigenvalue weighted by Crippen LogP contribution is 2.21. The van der Waals surface area contributed by atoms with Crippen molar-refractivity contribution in [3.05, 3.63) is 70.7 Å². The highest BCUT2D eigenvalue weighted by atomic mass is 79.9. The van der Waals surface area contributed by atoms with E-state index in [1.54, 1.807) is 0 Å². The molecule has 0 saturated carbocycles. The molecule has 0 amide bonds. The molecule has 0 aromatic heterocycles. The summed E-state index contributed by atoms with van der Waals surface area (Å²) < 4.78 is 5.91. The van der Waals surface area contributed by atoms with E-state index in [1.165, 1.54) is 5.56 Å².